The molecule has 3 rings (SSSR count). The van der Waals surface area contributed by atoms with E-state index in [4.69, 9.17) is 17.3 Å². The van der Waals surface area contributed by atoms with Crippen molar-refractivity contribution in [2.45, 2.75) is 4.90 Å². The molecule has 2 amide bonds. The number of carbonyl (C=O) groups is 2. The van der Waals surface area contributed by atoms with Gasteiger partial charge in [0.15, 0.2) is 15.0 Å². The van der Waals surface area contributed by atoms with Crippen LogP contribution in [0.5, 0.6) is 0 Å². The maximum atomic E-state index is 12.4. The molecule has 0 fully saturated rings. The van der Waals surface area contributed by atoms with Crippen molar-refractivity contribution < 1.29 is 18.0 Å². The second kappa shape index (κ2) is 7.14. The smallest absolute Gasteiger partial charge is 0.265 e. The summed E-state index contributed by atoms with van der Waals surface area (Å²) in [6, 6.07) is 5.55. The Morgan fingerprint density at radius 1 is 1.30 bits per heavy atom. The van der Waals surface area contributed by atoms with Crippen LogP contribution in [0.15, 0.2) is 40.7 Å². The van der Waals surface area contributed by atoms with Gasteiger partial charge in [0, 0.05) is 29.0 Å². The van der Waals surface area contributed by atoms with E-state index in [1.165, 1.54) is 29.5 Å². The van der Waals surface area contributed by atoms with E-state index in [1.807, 2.05) is 0 Å². The molecule has 0 bridgehead atoms. The van der Waals surface area contributed by atoms with Crippen molar-refractivity contribution in [2.24, 2.45) is 5.73 Å². The van der Waals surface area contributed by atoms with Crippen LogP contribution >= 0.6 is 22.9 Å². The number of nitrogens with two attached hydrogens (primary N) is 1. The number of aromatic amines is 1. The number of hydrogen-bond acceptors (Lipinski definition) is 6. The van der Waals surface area contributed by atoms with Gasteiger partial charge in [0.25, 0.3) is 11.8 Å². The first kappa shape index (κ1) is 19.1. The molecule has 0 aliphatic heterocycles. The van der Waals surface area contributed by atoms with E-state index in [1.54, 1.807) is 17.6 Å². The summed E-state index contributed by atoms with van der Waals surface area (Å²) in [6.07, 6.45) is 2.60. The van der Waals surface area contributed by atoms with Crippen LogP contribution in [-0.2, 0) is 9.84 Å². The van der Waals surface area contributed by atoms with Crippen LogP contribution in [-0.4, -0.2) is 36.5 Å². The van der Waals surface area contributed by atoms with Crippen LogP contribution in [0.3, 0.4) is 0 Å². The molecular formula is C16H13ClN4O4S2. The maximum Gasteiger partial charge on any atom is 0.265 e. The molecule has 0 spiro atoms. The number of hydrogen-bond donors (Lipinski definition) is 3. The van der Waals surface area contributed by atoms with Gasteiger partial charge in [-0.15, -0.1) is 11.3 Å². The highest BCUT2D eigenvalue weighted by atomic mass is 35.5. The first-order chi connectivity index (χ1) is 12.6. The number of nitrogens with zero attached hydrogens (tertiary/aromatic N) is 1. The number of sulfone groups is 1. The minimum absolute atomic E-state index is 0.0447. The highest BCUT2D eigenvalue weighted by molar-refractivity contribution is 7.90. The molecule has 4 N–H and O–H groups in total. The Morgan fingerprint density at radius 2 is 2.04 bits per heavy atom. The molecule has 0 unspecified atom stereocenters. The van der Waals surface area contributed by atoms with Gasteiger partial charge >= 0.3 is 0 Å². The third-order valence-electron chi connectivity index (χ3n) is 3.56. The van der Waals surface area contributed by atoms with E-state index in [2.05, 4.69) is 15.3 Å². The Kier molecular flexibility index (Phi) is 5.05. The molecule has 11 heteroatoms. The van der Waals surface area contributed by atoms with Crippen LogP contribution in [0.1, 0.15) is 20.8 Å². The summed E-state index contributed by atoms with van der Waals surface area (Å²) < 4.78 is 23.5. The van der Waals surface area contributed by atoms with Gasteiger partial charge < -0.3 is 10.7 Å². The van der Waals surface area contributed by atoms with Gasteiger partial charge in [0.2, 0.25) is 0 Å². The van der Waals surface area contributed by atoms with Gasteiger partial charge in [-0.2, -0.15) is 0 Å². The second-order valence-corrected chi connectivity index (χ2v) is 8.83. The van der Waals surface area contributed by atoms with Crippen LogP contribution in [0.2, 0.25) is 5.02 Å². The average molecular weight is 425 g/mol. The molecule has 0 saturated carbocycles. The van der Waals surface area contributed by atoms with Crippen molar-refractivity contribution in [3.05, 3.63) is 52.1 Å². The van der Waals surface area contributed by atoms with E-state index in [9.17, 15) is 18.0 Å². The Morgan fingerprint density at radius 3 is 2.67 bits per heavy atom. The fraction of sp³-hybridized carbons (Fsp3) is 0.0625. The molecule has 2 heterocycles. The van der Waals surface area contributed by atoms with Gasteiger partial charge in [0.05, 0.1) is 15.6 Å². The zero-order chi connectivity index (χ0) is 19.8. The van der Waals surface area contributed by atoms with Gasteiger partial charge in [0.1, 0.15) is 5.69 Å². The molecule has 0 aliphatic rings. The predicted molar refractivity (Wildman–Crippen MR) is 103 cm³/mol. The average Bonchev–Trinajstić information content (AvgIpc) is 3.23. The van der Waals surface area contributed by atoms with Gasteiger partial charge in [-0.3, -0.25) is 14.9 Å². The third kappa shape index (κ3) is 4.18. The predicted octanol–water partition coefficient (Wildman–Crippen LogP) is 2.55. The normalized spacial score (nSPS) is 11.3. The summed E-state index contributed by atoms with van der Waals surface area (Å²) in [6.45, 7) is 0. The van der Waals surface area contributed by atoms with E-state index in [0.29, 0.717) is 16.4 Å². The molecule has 140 valence electrons. The highest BCUT2D eigenvalue weighted by Crippen LogP contribution is 2.27. The van der Waals surface area contributed by atoms with E-state index >= 15 is 0 Å². The number of primary amides is 1. The first-order valence-electron chi connectivity index (χ1n) is 7.40. The number of rotatable bonds is 5. The summed E-state index contributed by atoms with van der Waals surface area (Å²) in [7, 11) is -3.57. The minimum Gasteiger partial charge on any atom is -0.364 e. The second-order valence-electron chi connectivity index (χ2n) is 5.58. The third-order valence-corrected chi connectivity index (χ3v) is 5.90. The van der Waals surface area contributed by atoms with Crippen molar-refractivity contribution in [3.63, 3.8) is 0 Å². The lowest BCUT2D eigenvalue weighted by molar-refractivity contribution is 0.0994. The quantitative estimate of drug-likeness (QED) is 0.578. The molecule has 8 nitrogen and oxygen atoms in total. The fourth-order valence-corrected chi connectivity index (χ4v) is 4.26. The molecule has 0 saturated heterocycles. The lowest BCUT2D eigenvalue weighted by atomic mass is 10.2. The molecule has 2 aromatic heterocycles. The number of aromatic nitrogens is 2. The lowest BCUT2D eigenvalue weighted by Gasteiger charge is -2.06. The summed E-state index contributed by atoms with van der Waals surface area (Å²) in [5, 5.41) is 4.66. The topological polar surface area (TPSA) is 135 Å². The van der Waals surface area contributed by atoms with E-state index in [-0.39, 0.29) is 21.2 Å². The molecule has 0 radical (unpaired) electrons. The Bertz CT molecular complexity index is 1150. The molecule has 1 aromatic carbocycles. The van der Waals surface area contributed by atoms with Crippen molar-refractivity contribution in [2.75, 3.05) is 11.6 Å². The SMILES string of the molecule is CS(=O)(=O)c1cc(C(=O)Nc2nc(-c3c[nH]c(C(N)=O)c3)cs2)ccc1Cl. The number of H-pyrrole nitrogens is 1. The molecule has 0 atom stereocenters. The van der Waals surface area contributed by atoms with Crippen LogP contribution < -0.4 is 11.1 Å². The monoisotopic (exact) mass is 424 g/mol. The number of benzene rings is 1. The van der Waals surface area contributed by atoms with Crippen molar-refractivity contribution in [1.82, 2.24) is 9.97 Å². The van der Waals surface area contributed by atoms with E-state index < -0.39 is 21.7 Å². The first-order valence-corrected chi connectivity index (χ1v) is 10.5. The molecule has 27 heavy (non-hydrogen) atoms. The summed E-state index contributed by atoms with van der Waals surface area (Å²) >= 11 is 7.06. The van der Waals surface area contributed by atoms with Crippen molar-refractivity contribution in [3.8, 4) is 11.3 Å². The van der Waals surface area contributed by atoms with Crippen LogP contribution in [0, 0.1) is 0 Å². The number of halogens is 1. The summed E-state index contributed by atoms with van der Waals surface area (Å²) in [5.74, 6) is -1.11. The Balaban J connectivity index is 1.81. The van der Waals surface area contributed by atoms with Gasteiger partial charge in [-0.05, 0) is 24.3 Å². The number of nitrogens with one attached hydrogen (secondary N) is 2. The lowest BCUT2D eigenvalue weighted by Crippen LogP contribution is -2.12. The highest BCUT2D eigenvalue weighted by Gasteiger charge is 2.17. The summed E-state index contributed by atoms with van der Waals surface area (Å²) in [5.41, 5.74) is 6.77. The Hall–Kier alpha value is -2.69. The largest absolute Gasteiger partial charge is 0.364 e. The van der Waals surface area contributed by atoms with Crippen molar-refractivity contribution >= 4 is 49.7 Å². The number of carbonyl (C=O) groups excluding carboxylic acids is 2. The van der Waals surface area contributed by atoms with Crippen LogP contribution in [0.4, 0.5) is 5.13 Å². The van der Waals surface area contributed by atoms with E-state index in [0.717, 1.165) is 6.26 Å². The molecule has 3 aromatic rings. The molecule has 0 aliphatic carbocycles. The maximum absolute atomic E-state index is 12.4. The standard InChI is InChI=1S/C16H13ClN4O4S2/c1-27(24,25)13-5-8(2-3-10(13)17)15(23)21-16-20-12(7-26-16)9-4-11(14(18)22)19-6-9/h2-7,19H,1H3,(H2,18,22)(H,20,21,23). The van der Waals surface area contributed by atoms with Gasteiger partial charge in [-0.1, -0.05) is 11.6 Å². The van der Waals surface area contributed by atoms with Crippen LogP contribution in [0.25, 0.3) is 11.3 Å². The van der Waals surface area contributed by atoms with Crippen molar-refractivity contribution in [1.29, 1.82) is 0 Å². The van der Waals surface area contributed by atoms with Gasteiger partial charge in [-0.25, -0.2) is 13.4 Å². The molecular weight excluding hydrogens is 412 g/mol. The Labute approximate surface area is 163 Å². The summed E-state index contributed by atoms with van der Waals surface area (Å²) in [4.78, 5) is 30.4. The number of anilines is 1. The zero-order valence-corrected chi connectivity index (χ0v) is 16.2. The number of thiazole rings is 1. The zero-order valence-electron chi connectivity index (χ0n) is 13.8. The number of amides is 2. The fourth-order valence-electron chi connectivity index (χ4n) is 2.25. The minimum atomic E-state index is -3.57.